The third-order valence-electron chi connectivity index (χ3n) is 7.23. The summed E-state index contributed by atoms with van der Waals surface area (Å²) in [5, 5.41) is 0. The minimum absolute atomic E-state index is 0.0618. The zero-order chi connectivity index (χ0) is 23.9. The molecule has 1 saturated heterocycles. The summed E-state index contributed by atoms with van der Waals surface area (Å²) >= 11 is 0. The predicted molar refractivity (Wildman–Crippen MR) is 120 cm³/mol. The minimum Gasteiger partial charge on any atom is -0.338 e. The number of aromatic nitrogens is 2. The number of rotatable bonds is 3. The van der Waals surface area contributed by atoms with E-state index >= 15 is 0 Å². The van der Waals surface area contributed by atoms with Crippen molar-refractivity contribution in [3.05, 3.63) is 39.3 Å². The first-order valence-corrected chi connectivity index (χ1v) is 11.7. The van der Waals surface area contributed by atoms with E-state index in [4.69, 9.17) is 0 Å². The summed E-state index contributed by atoms with van der Waals surface area (Å²) in [4.78, 5) is 34.0. The lowest BCUT2D eigenvalue weighted by atomic mass is 9.94. The summed E-state index contributed by atoms with van der Waals surface area (Å²) in [6.45, 7) is 7.63. The Morgan fingerprint density at radius 1 is 1.03 bits per heavy atom. The Balaban J connectivity index is 1.64. The van der Waals surface area contributed by atoms with Gasteiger partial charge in [-0.25, -0.2) is 4.98 Å². The van der Waals surface area contributed by atoms with Crippen LogP contribution in [0.2, 0.25) is 0 Å². The lowest BCUT2D eigenvalue weighted by molar-refractivity contribution is -0.143. The van der Waals surface area contributed by atoms with Gasteiger partial charge in [-0.3, -0.25) is 19.1 Å². The number of aryl methyl sites for hydroxylation is 2. The van der Waals surface area contributed by atoms with E-state index < -0.39 is 23.5 Å². The van der Waals surface area contributed by atoms with E-state index in [2.05, 4.69) is 9.88 Å². The fourth-order valence-electron chi connectivity index (χ4n) is 5.16. The third kappa shape index (κ3) is 4.65. The van der Waals surface area contributed by atoms with Gasteiger partial charge in [0.15, 0.2) is 0 Å². The number of piperazine rings is 1. The average Bonchev–Trinajstić information content (AvgIpc) is 2.79. The van der Waals surface area contributed by atoms with Crippen molar-refractivity contribution in [3.63, 3.8) is 0 Å². The van der Waals surface area contributed by atoms with Gasteiger partial charge in [-0.1, -0.05) is 19.3 Å². The second kappa shape index (κ2) is 9.08. The predicted octanol–water partition coefficient (Wildman–Crippen LogP) is 4.07. The molecule has 2 heterocycles. The highest BCUT2D eigenvalue weighted by atomic mass is 19.4. The SMILES string of the molecule is Cc1cc2nc(C(F)(F)F)c(=O)n([C@H](C)C(=O)N3CCN(C4CCCCC4)CC3)c2cc1C. The Kier molecular flexibility index (Phi) is 6.53. The molecule has 2 fully saturated rings. The summed E-state index contributed by atoms with van der Waals surface area (Å²) in [5.74, 6) is -0.334. The van der Waals surface area contributed by atoms with Crippen LogP contribution in [-0.4, -0.2) is 57.5 Å². The van der Waals surface area contributed by atoms with Gasteiger partial charge in [0.1, 0.15) is 6.04 Å². The van der Waals surface area contributed by atoms with Gasteiger partial charge in [-0.05, 0) is 56.9 Å². The van der Waals surface area contributed by atoms with E-state index in [-0.39, 0.29) is 16.9 Å². The highest BCUT2D eigenvalue weighted by Crippen LogP contribution is 2.29. The highest BCUT2D eigenvalue weighted by molar-refractivity contribution is 5.84. The third-order valence-corrected chi connectivity index (χ3v) is 7.23. The van der Waals surface area contributed by atoms with Gasteiger partial charge in [0.2, 0.25) is 11.6 Å². The van der Waals surface area contributed by atoms with Crippen molar-refractivity contribution in [2.24, 2.45) is 0 Å². The lowest BCUT2D eigenvalue weighted by Gasteiger charge is -2.41. The zero-order valence-corrected chi connectivity index (χ0v) is 19.4. The molecule has 9 heteroatoms. The molecule has 1 amide bonds. The second-order valence-electron chi connectivity index (χ2n) is 9.39. The smallest absolute Gasteiger partial charge is 0.338 e. The molecule has 4 rings (SSSR count). The molecule has 2 aromatic rings. The second-order valence-corrected chi connectivity index (χ2v) is 9.39. The molecular weight excluding hydrogens is 433 g/mol. The molecule has 1 aromatic carbocycles. The Bertz CT molecular complexity index is 1100. The van der Waals surface area contributed by atoms with Gasteiger partial charge in [0, 0.05) is 32.2 Å². The first-order chi connectivity index (χ1) is 15.6. The molecule has 180 valence electrons. The van der Waals surface area contributed by atoms with Crippen LogP contribution in [0.1, 0.15) is 61.9 Å². The van der Waals surface area contributed by atoms with Crippen LogP contribution in [0.15, 0.2) is 16.9 Å². The van der Waals surface area contributed by atoms with E-state index in [0.29, 0.717) is 19.1 Å². The molecule has 1 aliphatic heterocycles. The van der Waals surface area contributed by atoms with E-state index in [1.807, 2.05) is 6.92 Å². The number of carbonyl (C=O) groups is 1. The number of halogens is 3. The lowest BCUT2D eigenvalue weighted by Crippen LogP contribution is -2.53. The Morgan fingerprint density at radius 3 is 2.24 bits per heavy atom. The number of fused-ring (bicyclic) bond motifs is 1. The van der Waals surface area contributed by atoms with Crippen LogP contribution in [0.5, 0.6) is 0 Å². The van der Waals surface area contributed by atoms with E-state index in [0.717, 1.165) is 28.8 Å². The van der Waals surface area contributed by atoms with Crippen molar-refractivity contribution < 1.29 is 18.0 Å². The number of hydrogen-bond acceptors (Lipinski definition) is 4. The van der Waals surface area contributed by atoms with Gasteiger partial charge in [-0.15, -0.1) is 0 Å². The molecular formula is C24H31F3N4O2. The van der Waals surface area contributed by atoms with Crippen LogP contribution >= 0.6 is 0 Å². The summed E-state index contributed by atoms with van der Waals surface area (Å²) in [5.41, 5.74) is -0.867. The van der Waals surface area contributed by atoms with Crippen molar-refractivity contribution in [3.8, 4) is 0 Å². The van der Waals surface area contributed by atoms with E-state index in [1.165, 1.54) is 45.1 Å². The normalized spacial score (nSPS) is 19.8. The maximum Gasteiger partial charge on any atom is 0.438 e. The fraction of sp³-hybridized carbons (Fsp3) is 0.625. The van der Waals surface area contributed by atoms with Crippen LogP contribution in [0, 0.1) is 13.8 Å². The Labute approximate surface area is 191 Å². The van der Waals surface area contributed by atoms with Crippen LogP contribution < -0.4 is 5.56 Å². The summed E-state index contributed by atoms with van der Waals surface area (Å²) < 4.78 is 41.8. The van der Waals surface area contributed by atoms with Gasteiger partial charge in [0.25, 0.3) is 5.56 Å². The van der Waals surface area contributed by atoms with E-state index in [9.17, 15) is 22.8 Å². The van der Waals surface area contributed by atoms with Gasteiger partial charge in [-0.2, -0.15) is 13.2 Å². The molecule has 0 bridgehead atoms. The van der Waals surface area contributed by atoms with Crippen LogP contribution in [0.4, 0.5) is 13.2 Å². The molecule has 33 heavy (non-hydrogen) atoms. The monoisotopic (exact) mass is 464 g/mol. The van der Waals surface area contributed by atoms with Crippen molar-refractivity contribution in [1.29, 1.82) is 0 Å². The quantitative estimate of drug-likeness (QED) is 0.687. The Hall–Kier alpha value is -2.42. The largest absolute Gasteiger partial charge is 0.438 e. The van der Waals surface area contributed by atoms with Crippen LogP contribution in [0.3, 0.4) is 0 Å². The Morgan fingerprint density at radius 2 is 1.64 bits per heavy atom. The van der Waals surface area contributed by atoms with Gasteiger partial charge >= 0.3 is 6.18 Å². The summed E-state index contributed by atoms with van der Waals surface area (Å²) in [6.07, 6.45) is 1.21. The van der Waals surface area contributed by atoms with Crippen LogP contribution in [0.25, 0.3) is 11.0 Å². The summed E-state index contributed by atoms with van der Waals surface area (Å²) in [6, 6.07) is 2.67. The fourth-order valence-corrected chi connectivity index (χ4v) is 5.16. The number of alkyl halides is 3. The highest BCUT2D eigenvalue weighted by Gasteiger charge is 2.39. The van der Waals surface area contributed by atoms with Gasteiger partial charge < -0.3 is 4.90 Å². The van der Waals surface area contributed by atoms with Crippen molar-refractivity contribution in [2.45, 2.75) is 71.1 Å². The number of hydrogen-bond donors (Lipinski definition) is 0. The van der Waals surface area contributed by atoms with Crippen molar-refractivity contribution >= 4 is 16.9 Å². The minimum atomic E-state index is -4.90. The van der Waals surface area contributed by atoms with Gasteiger partial charge in [0.05, 0.1) is 11.0 Å². The number of nitrogens with zero attached hydrogens (tertiary/aromatic N) is 4. The maximum atomic E-state index is 13.6. The molecule has 1 atom stereocenters. The molecule has 1 saturated carbocycles. The molecule has 1 aromatic heterocycles. The van der Waals surface area contributed by atoms with Crippen molar-refractivity contribution in [1.82, 2.24) is 19.4 Å². The molecule has 0 unspecified atom stereocenters. The number of carbonyl (C=O) groups excluding carboxylic acids is 1. The topological polar surface area (TPSA) is 58.4 Å². The maximum absolute atomic E-state index is 13.6. The van der Waals surface area contributed by atoms with E-state index in [1.54, 1.807) is 17.9 Å². The number of benzene rings is 1. The zero-order valence-electron chi connectivity index (χ0n) is 19.4. The standard InChI is InChI=1S/C24H31F3N4O2/c1-15-13-19-20(14-16(15)2)31(23(33)21(28-19)24(25,26)27)17(3)22(32)30-11-9-29(10-12-30)18-7-5-4-6-8-18/h13-14,17-18H,4-12H2,1-3H3/t17-/m1/s1. The molecule has 6 nitrogen and oxygen atoms in total. The number of amides is 1. The van der Waals surface area contributed by atoms with Crippen molar-refractivity contribution in [2.75, 3.05) is 26.2 Å². The first kappa shape index (κ1) is 23.7. The molecule has 0 radical (unpaired) electrons. The molecule has 0 N–H and O–H groups in total. The average molecular weight is 465 g/mol. The van der Waals surface area contributed by atoms with Crippen LogP contribution in [-0.2, 0) is 11.0 Å². The molecule has 0 spiro atoms. The molecule has 2 aliphatic rings. The summed E-state index contributed by atoms with van der Waals surface area (Å²) in [7, 11) is 0. The first-order valence-electron chi connectivity index (χ1n) is 11.7. The molecule has 1 aliphatic carbocycles.